The average Bonchev–Trinajstić information content (AvgIpc) is 3.25. The zero-order chi connectivity index (χ0) is 16.1. The minimum Gasteiger partial charge on any atom is -0.351 e. The van der Waals surface area contributed by atoms with Gasteiger partial charge in [0.2, 0.25) is 0 Å². The Morgan fingerprint density at radius 1 is 1.00 bits per heavy atom. The number of benzene rings is 1. The molecule has 24 heavy (non-hydrogen) atoms. The van der Waals surface area contributed by atoms with E-state index in [-0.39, 0.29) is 0 Å². The molecule has 5 rings (SSSR count). The Kier molecular flexibility index (Phi) is 3.35. The van der Waals surface area contributed by atoms with Gasteiger partial charge < -0.3 is 20.0 Å². The van der Waals surface area contributed by atoms with E-state index in [9.17, 15) is 0 Å². The van der Waals surface area contributed by atoms with Crippen LogP contribution in [0.15, 0.2) is 24.3 Å². The molecule has 0 spiro atoms. The first-order chi connectivity index (χ1) is 11.8. The monoisotopic (exact) mass is 324 g/mol. The highest BCUT2D eigenvalue weighted by Crippen LogP contribution is 2.35. The van der Waals surface area contributed by atoms with Gasteiger partial charge in [0.15, 0.2) is 11.6 Å². The molecule has 4 heterocycles. The maximum absolute atomic E-state index is 5.05. The summed E-state index contributed by atoms with van der Waals surface area (Å²) in [6.45, 7) is 6.34. The van der Waals surface area contributed by atoms with Gasteiger partial charge in [-0.3, -0.25) is 0 Å². The van der Waals surface area contributed by atoms with Gasteiger partial charge >= 0.3 is 0 Å². The summed E-state index contributed by atoms with van der Waals surface area (Å²) in [4.78, 5) is 17.4. The third-order valence-electron chi connectivity index (χ3n) is 5.67. The van der Waals surface area contributed by atoms with Crippen LogP contribution in [0.25, 0.3) is 11.0 Å². The summed E-state index contributed by atoms with van der Waals surface area (Å²) in [6, 6.07) is 9.43. The van der Waals surface area contributed by atoms with Gasteiger partial charge in [0.05, 0.1) is 11.0 Å². The Bertz CT molecular complexity index is 754. The van der Waals surface area contributed by atoms with Crippen LogP contribution >= 0.6 is 0 Å². The van der Waals surface area contributed by atoms with Crippen LogP contribution in [0, 0.1) is 0 Å². The molecule has 126 valence electrons. The molecule has 2 bridgehead atoms. The lowest BCUT2D eigenvalue weighted by Gasteiger charge is -2.37. The van der Waals surface area contributed by atoms with Crippen LogP contribution in [0.1, 0.15) is 6.42 Å². The van der Waals surface area contributed by atoms with Crippen LogP contribution in [0.2, 0.25) is 0 Å². The van der Waals surface area contributed by atoms with E-state index in [0.717, 1.165) is 61.9 Å². The van der Waals surface area contributed by atoms with E-state index >= 15 is 0 Å². The largest absolute Gasteiger partial charge is 0.351 e. The Morgan fingerprint density at radius 2 is 1.71 bits per heavy atom. The first-order valence-corrected chi connectivity index (χ1v) is 8.98. The van der Waals surface area contributed by atoms with E-state index in [4.69, 9.17) is 9.97 Å². The molecule has 3 fully saturated rings. The third-order valence-corrected chi connectivity index (χ3v) is 5.67. The van der Waals surface area contributed by atoms with Crippen molar-refractivity contribution in [2.45, 2.75) is 18.5 Å². The van der Waals surface area contributed by atoms with Crippen molar-refractivity contribution in [2.75, 3.05) is 56.1 Å². The number of para-hydroxylation sites is 2. The minimum absolute atomic E-state index is 0.566. The van der Waals surface area contributed by atoms with Gasteiger partial charge in [0, 0.05) is 51.4 Å². The second kappa shape index (κ2) is 5.57. The molecular weight excluding hydrogens is 300 g/mol. The Hall–Kier alpha value is -1.92. The summed E-state index contributed by atoms with van der Waals surface area (Å²) in [5.41, 5.74) is 2.00. The fourth-order valence-electron chi connectivity index (χ4n) is 4.22. The van der Waals surface area contributed by atoms with Gasteiger partial charge in [-0.05, 0) is 25.6 Å². The molecule has 1 N–H and O–H groups in total. The molecule has 0 unspecified atom stereocenters. The molecule has 0 saturated carbocycles. The third kappa shape index (κ3) is 2.32. The van der Waals surface area contributed by atoms with Crippen LogP contribution < -0.4 is 15.1 Å². The number of likely N-dealkylation sites (N-methyl/N-ethyl adjacent to an activating group) is 1. The maximum Gasteiger partial charge on any atom is 0.172 e. The van der Waals surface area contributed by atoms with Gasteiger partial charge in [-0.25, -0.2) is 9.97 Å². The Morgan fingerprint density at radius 3 is 2.33 bits per heavy atom. The SMILES string of the molecule is CN1CCN(c2nc3ccccc3nc2N2C[C@@H]3C[C@H]2CN3)CC1. The molecule has 2 atom stereocenters. The first-order valence-electron chi connectivity index (χ1n) is 8.98. The van der Waals surface area contributed by atoms with Crippen LogP contribution in [0.5, 0.6) is 0 Å². The number of aromatic nitrogens is 2. The Labute approximate surface area is 142 Å². The van der Waals surface area contributed by atoms with E-state index in [1.165, 1.54) is 6.42 Å². The molecule has 1 aromatic heterocycles. The fourth-order valence-corrected chi connectivity index (χ4v) is 4.22. The van der Waals surface area contributed by atoms with Crippen molar-refractivity contribution >= 4 is 22.7 Å². The van der Waals surface area contributed by atoms with E-state index in [0.29, 0.717) is 12.1 Å². The Balaban J connectivity index is 1.59. The molecule has 3 aliphatic heterocycles. The van der Waals surface area contributed by atoms with Crippen molar-refractivity contribution in [2.24, 2.45) is 0 Å². The van der Waals surface area contributed by atoms with E-state index in [2.05, 4.69) is 39.2 Å². The number of hydrogen-bond acceptors (Lipinski definition) is 6. The van der Waals surface area contributed by atoms with Crippen LogP contribution in [0.4, 0.5) is 11.6 Å². The molecule has 6 heteroatoms. The standard InChI is InChI=1S/C18H24N6/c1-22-6-8-23(9-7-22)17-18(24-12-13-10-14(24)11-19-13)21-16-5-3-2-4-15(16)20-17/h2-5,13-14,19H,6-12H2,1H3/t13-,14-/m0/s1. The molecule has 0 amide bonds. The zero-order valence-electron chi connectivity index (χ0n) is 14.1. The summed E-state index contributed by atoms with van der Waals surface area (Å²) in [7, 11) is 2.19. The number of fused-ring (bicyclic) bond motifs is 3. The minimum atomic E-state index is 0.566. The smallest absolute Gasteiger partial charge is 0.172 e. The van der Waals surface area contributed by atoms with Gasteiger partial charge in [0.1, 0.15) is 0 Å². The summed E-state index contributed by atoms with van der Waals surface area (Å²) < 4.78 is 0. The molecule has 6 nitrogen and oxygen atoms in total. The van der Waals surface area contributed by atoms with Crippen molar-refractivity contribution in [3.63, 3.8) is 0 Å². The summed E-state index contributed by atoms with van der Waals surface area (Å²) >= 11 is 0. The lowest BCUT2D eigenvalue weighted by molar-refractivity contribution is 0.312. The van der Waals surface area contributed by atoms with Crippen LogP contribution in [0.3, 0.4) is 0 Å². The highest BCUT2D eigenvalue weighted by molar-refractivity contribution is 5.81. The number of piperazine rings is 2. The average molecular weight is 324 g/mol. The fraction of sp³-hybridized carbons (Fsp3) is 0.556. The summed E-state index contributed by atoms with van der Waals surface area (Å²) in [5, 5.41) is 3.59. The first kappa shape index (κ1) is 14.4. The number of anilines is 2. The topological polar surface area (TPSA) is 47.5 Å². The maximum atomic E-state index is 5.05. The van der Waals surface area contributed by atoms with E-state index < -0.39 is 0 Å². The van der Waals surface area contributed by atoms with Crippen molar-refractivity contribution in [1.29, 1.82) is 0 Å². The predicted molar refractivity (Wildman–Crippen MR) is 96.8 cm³/mol. The lowest BCUT2D eigenvalue weighted by Crippen LogP contribution is -2.47. The van der Waals surface area contributed by atoms with Gasteiger partial charge in [0.25, 0.3) is 0 Å². The van der Waals surface area contributed by atoms with Gasteiger partial charge in [-0.1, -0.05) is 12.1 Å². The molecular formula is C18H24N6. The second-order valence-electron chi connectivity index (χ2n) is 7.30. The predicted octanol–water partition coefficient (Wildman–Crippen LogP) is 0.932. The van der Waals surface area contributed by atoms with Crippen molar-refractivity contribution in [3.8, 4) is 0 Å². The van der Waals surface area contributed by atoms with E-state index in [1.807, 2.05) is 12.1 Å². The molecule has 2 aromatic rings. The molecule has 3 saturated heterocycles. The highest BCUT2D eigenvalue weighted by Gasteiger charge is 2.40. The second-order valence-corrected chi connectivity index (χ2v) is 7.30. The number of hydrogen-bond donors (Lipinski definition) is 1. The normalized spacial score (nSPS) is 27.4. The van der Waals surface area contributed by atoms with Crippen molar-refractivity contribution in [3.05, 3.63) is 24.3 Å². The van der Waals surface area contributed by atoms with E-state index in [1.54, 1.807) is 0 Å². The summed E-state index contributed by atoms with van der Waals surface area (Å²) in [6.07, 6.45) is 1.23. The van der Waals surface area contributed by atoms with Gasteiger partial charge in [-0.15, -0.1) is 0 Å². The van der Waals surface area contributed by atoms with Crippen LogP contribution in [-0.4, -0.2) is 73.3 Å². The summed E-state index contributed by atoms with van der Waals surface area (Å²) in [5.74, 6) is 2.17. The number of nitrogens with one attached hydrogen (secondary N) is 1. The van der Waals surface area contributed by atoms with Crippen molar-refractivity contribution < 1.29 is 0 Å². The molecule has 0 aliphatic carbocycles. The molecule has 0 radical (unpaired) electrons. The number of nitrogens with zero attached hydrogens (tertiary/aromatic N) is 5. The van der Waals surface area contributed by atoms with Gasteiger partial charge in [-0.2, -0.15) is 0 Å². The quantitative estimate of drug-likeness (QED) is 0.887. The lowest BCUT2D eigenvalue weighted by atomic mass is 10.2. The zero-order valence-corrected chi connectivity index (χ0v) is 14.1. The van der Waals surface area contributed by atoms with Crippen LogP contribution in [-0.2, 0) is 0 Å². The molecule has 1 aromatic carbocycles. The van der Waals surface area contributed by atoms with Crippen molar-refractivity contribution in [1.82, 2.24) is 20.2 Å². The number of rotatable bonds is 2. The highest BCUT2D eigenvalue weighted by atomic mass is 15.4. The molecule has 3 aliphatic rings.